The number of H-pyrrole nitrogens is 1. The fourth-order valence-corrected chi connectivity index (χ4v) is 4.26. The molecule has 0 bridgehead atoms. The summed E-state index contributed by atoms with van der Waals surface area (Å²) in [5.74, 6) is -0.0556. The van der Waals surface area contributed by atoms with Gasteiger partial charge in [0.25, 0.3) is 5.91 Å². The number of piperazine rings is 1. The molecule has 0 spiro atoms. The quantitative estimate of drug-likeness (QED) is 0.441. The highest BCUT2D eigenvalue weighted by Crippen LogP contribution is 2.30. The second kappa shape index (κ2) is 9.71. The molecule has 5 rings (SSSR count). The van der Waals surface area contributed by atoms with Crippen LogP contribution in [0, 0.1) is 5.82 Å². The van der Waals surface area contributed by atoms with Gasteiger partial charge in [-0.05, 0) is 62.5 Å². The SMILES string of the molecule is CCn1cnc(-c2ccc(F)cc2)c1-c1ncc(C(=O)Nc2ccc(N3CCN(C)CC3)cc2)[nH]1. The van der Waals surface area contributed by atoms with Crippen molar-refractivity contribution in [3.05, 3.63) is 72.6 Å². The number of aromatic nitrogens is 4. The van der Waals surface area contributed by atoms with Crippen LogP contribution in [-0.4, -0.2) is 63.6 Å². The van der Waals surface area contributed by atoms with Crippen LogP contribution in [0.2, 0.25) is 0 Å². The van der Waals surface area contributed by atoms with Gasteiger partial charge in [0.2, 0.25) is 0 Å². The number of amides is 1. The van der Waals surface area contributed by atoms with Crippen LogP contribution in [0.15, 0.2) is 61.1 Å². The summed E-state index contributed by atoms with van der Waals surface area (Å²) in [6.07, 6.45) is 3.24. The highest BCUT2D eigenvalue weighted by molar-refractivity contribution is 6.03. The van der Waals surface area contributed by atoms with Crippen molar-refractivity contribution in [3.63, 3.8) is 0 Å². The van der Waals surface area contributed by atoms with Crippen molar-refractivity contribution in [2.24, 2.45) is 0 Å². The van der Waals surface area contributed by atoms with Crippen LogP contribution in [0.3, 0.4) is 0 Å². The number of rotatable bonds is 6. The zero-order valence-electron chi connectivity index (χ0n) is 19.8. The predicted molar refractivity (Wildman–Crippen MR) is 135 cm³/mol. The number of nitrogens with zero attached hydrogens (tertiary/aromatic N) is 5. The molecule has 3 heterocycles. The molecule has 35 heavy (non-hydrogen) atoms. The summed E-state index contributed by atoms with van der Waals surface area (Å²) in [4.78, 5) is 29.7. The van der Waals surface area contributed by atoms with E-state index < -0.39 is 0 Å². The fourth-order valence-electron chi connectivity index (χ4n) is 4.26. The van der Waals surface area contributed by atoms with Gasteiger partial charge in [-0.2, -0.15) is 0 Å². The third kappa shape index (κ3) is 4.81. The van der Waals surface area contributed by atoms with Crippen molar-refractivity contribution in [2.75, 3.05) is 43.4 Å². The normalized spacial score (nSPS) is 14.3. The summed E-state index contributed by atoms with van der Waals surface area (Å²) >= 11 is 0. The van der Waals surface area contributed by atoms with E-state index in [1.165, 1.54) is 18.3 Å². The molecule has 8 nitrogen and oxygen atoms in total. The molecule has 4 aromatic rings. The highest BCUT2D eigenvalue weighted by Gasteiger charge is 2.19. The van der Waals surface area contributed by atoms with Crippen LogP contribution < -0.4 is 10.2 Å². The highest BCUT2D eigenvalue weighted by atomic mass is 19.1. The molecule has 0 unspecified atom stereocenters. The number of benzene rings is 2. The van der Waals surface area contributed by atoms with E-state index in [2.05, 4.69) is 37.1 Å². The van der Waals surface area contributed by atoms with E-state index in [9.17, 15) is 9.18 Å². The Kier molecular flexibility index (Phi) is 6.33. The zero-order chi connectivity index (χ0) is 24.4. The van der Waals surface area contributed by atoms with Gasteiger partial charge in [0.15, 0.2) is 5.82 Å². The first-order valence-electron chi connectivity index (χ1n) is 11.7. The predicted octanol–water partition coefficient (Wildman–Crippen LogP) is 4.10. The number of nitrogens with one attached hydrogen (secondary N) is 2. The maximum Gasteiger partial charge on any atom is 0.273 e. The number of halogens is 1. The van der Waals surface area contributed by atoms with E-state index in [-0.39, 0.29) is 11.7 Å². The Morgan fingerprint density at radius 1 is 1.03 bits per heavy atom. The van der Waals surface area contributed by atoms with Gasteiger partial charge >= 0.3 is 0 Å². The molecule has 9 heteroatoms. The summed E-state index contributed by atoms with van der Waals surface area (Å²) in [6.45, 7) is 6.75. The molecule has 1 aliphatic rings. The van der Waals surface area contributed by atoms with Gasteiger partial charge in [-0.1, -0.05) is 0 Å². The Morgan fingerprint density at radius 2 is 1.74 bits per heavy atom. The number of hydrogen-bond donors (Lipinski definition) is 2. The average Bonchev–Trinajstić information content (AvgIpc) is 3.53. The largest absolute Gasteiger partial charge is 0.369 e. The van der Waals surface area contributed by atoms with E-state index >= 15 is 0 Å². The number of imidazole rings is 2. The molecular weight excluding hydrogens is 445 g/mol. The van der Waals surface area contributed by atoms with Gasteiger partial charge in [0, 0.05) is 49.7 Å². The van der Waals surface area contributed by atoms with Crippen LogP contribution in [0.4, 0.5) is 15.8 Å². The summed E-state index contributed by atoms with van der Waals surface area (Å²) in [7, 11) is 2.14. The van der Waals surface area contributed by atoms with E-state index in [0.29, 0.717) is 23.8 Å². The lowest BCUT2D eigenvalue weighted by atomic mass is 10.1. The van der Waals surface area contributed by atoms with Crippen molar-refractivity contribution in [2.45, 2.75) is 13.5 Å². The van der Waals surface area contributed by atoms with Crippen molar-refractivity contribution >= 4 is 17.3 Å². The van der Waals surface area contributed by atoms with Crippen LogP contribution in [0.25, 0.3) is 22.8 Å². The maximum atomic E-state index is 13.4. The lowest BCUT2D eigenvalue weighted by molar-refractivity contribution is 0.102. The summed E-state index contributed by atoms with van der Waals surface area (Å²) in [6, 6.07) is 14.1. The molecule has 0 atom stereocenters. The standard InChI is InChI=1S/C26H28FN7O/c1-3-33-17-29-23(18-4-6-19(27)7-5-18)24(33)25-28-16-22(31-25)26(35)30-20-8-10-21(11-9-20)34-14-12-32(2)13-15-34/h4-11,16-17H,3,12-15H2,1-2H3,(H,28,31)(H,30,35). The molecular formula is C26H28FN7O. The Morgan fingerprint density at radius 3 is 2.43 bits per heavy atom. The number of hydrogen-bond acceptors (Lipinski definition) is 5. The van der Waals surface area contributed by atoms with E-state index in [1.54, 1.807) is 18.5 Å². The zero-order valence-corrected chi connectivity index (χ0v) is 19.8. The number of aromatic amines is 1. The number of aryl methyl sites for hydroxylation is 1. The van der Waals surface area contributed by atoms with Gasteiger partial charge < -0.3 is 24.7 Å². The van der Waals surface area contributed by atoms with Crippen molar-refractivity contribution in [1.29, 1.82) is 0 Å². The first-order valence-corrected chi connectivity index (χ1v) is 11.7. The maximum absolute atomic E-state index is 13.4. The van der Waals surface area contributed by atoms with Gasteiger partial charge in [0.1, 0.15) is 17.2 Å². The lowest BCUT2D eigenvalue weighted by Gasteiger charge is -2.34. The first-order chi connectivity index (χ1) is 17.0. The summed E-state index contributed by atoms with van der Waals surface area (Å²) in [5.41, 5.74) is 4.41. The molecule has 2 aromatic carbocycles. The molecule has 1 amide bonds. The van der Waals surface area contributed by atoms with Crippen LogP contribution in [0.5, 0.6) is 0 Å². The van der Waals surface area contributed by atoms with Crippen molar-refractivity contribution in [3.8, 4) is 22.8 Å². The van der Waals surface area contributed by atoms with E-state index in [0.717, 1.165) is 48.8 Å². The monoisotopic (exact) mass is 473 g/mol. The number of carbonyl (C=O) groups is 1. The Balaban J connectivity index is 1.32. The molecule has 1 fully saturated rings. The molecule has 2 N–H and O–H groups in total. The Hall–Kier alpha value is -3.98. The lowest BCUT2D eigenvalue weighted by Crippen LogP contribution is -2.44. The fraction of sp³-hybridized carbons (Fsp3) is 0.269. The third-order valence-electron chi connectivity index (χ3n) is 6.33. The second-order valence-electron chi connectivity index (χ2n) is 8.67. The minimum absolute atomic E-state index is 0.276. The first kappa shape index (κ1) is 22.8. The summed E-state index contributed by atoms with van der Waals surface area (Å²) < 4.78 is 15.3. The molecule has 180 valence electrons. The molecule has 0 aliphatic carbocycles. The third-order valence-corrected chi connectivity index (χ3v) is 6.33. The smallest absolute Gasteiger partial charge is 0.273 e. The molecule has 0 radical (unpaired) electrons. The number of anilines is 2. The molecule has 2 aromatic heterocycles. The van der Waals surface area contributed by atoms with Crippen LogP contribution >= 0.6 is 0 Å². The molecule has 1 saturated heterocycles. The topological polar surface area (TPSA) is 82.1 Å². The molecule has 1 aliphatic heterocycles. The molecule has 0 saturated carbocycles. The average molecular weight is 474 g/mol. The Bertz CT molecular complexity index is 1300. The van der Waals surface area contributed by atoms with Crippen molar-refractivity contribution < 1.29 is 9.18 Å². The second-order valence-corrected chi connectivity index (χ2v) is 8.67. The van der Waals surface area contributed by atoms with Gasteiger partial charge in [0.05, 0.1) is 18.2 Å². The van der Waals surface area contributed by atoms with Gasteiger partial charge in [-0.3, -0.25) is 4.79 Å². The van der Waals surface area contributed by atoms with Crippen LogP contribution in [-0.2, 0) is 6.54 Å². The minimum Gasteiger partial charge on any atom is -0.369 e. The Labute approximate surface area is 203 Å². The van der Waals surface area contributed by atoms with Gasteiger partial charge in [-0.15, -0.1) is 0 Å². The number of carbonyl (C=O) groups excluding carboxylic acids is 1. The van der Waals surface area contributed by atoms with E-state index in [1.807, 2.05) is 35.8 Å². The van der Waals surface area contributed by atoms with Gasteiger partial charge in [-0.25, -0.2) is 14.4 Å². The summed E-state index contributed by atoms with van der Waals surface area (Å²) in [5, 5.41) is 2.93. The number of likely N-dealkylation sites (N-methyl/N-ethyl adjacent to an activating group) is 1. The van der Waals surface area contributed by atoms with E-state index in [4.69, 9.17) is 0 Å². The van der Waals surface area contributed by atoms with Crippen LogP contribution in [0.1, 0.15) is 17.4 Å². The van der Waals surface area contributed by atoms with Crippen molar-refractivity contribution in [1.82, 2.24) is 24.4 Å². The minimum atomic E-state index is -0.307.